The second kappa shape index (κ2) is 5.99. The summed E-state index contributed by atoms with van der Waals surface area (Å²) in [5, 5.41) is 9.13. The molecule has 0 spiro atoms. The van der Waals surface area contributed by atoms with Crippen molar-refractivity contribution < 1.29 is 4.79 Å². The summed E-state index contributed by atoms with van der Waals surface area (Å²) in [6, 6.07) is 6.05. The highest BCUT2D eigenvalue weighted by atomic mass is 32.1. The average molecular weight is 304 g/mol. The van der Waals surface area contributed by atoms with Crippen LogP contribution in [-0.2, 0) is 0 Å². The second-order valence-electron chi connectivity index (χ2n) is 5.63. The molecule has 0 aromatic carbocycles. The Morgan fingerprint density at radius 3 is 2.90 bits per heavy atom. The van der Waals surface area contributed by atoms with E-state index in [-0.39, 0.29) is 11.9 Å². The van der Waals surface area contributed by atoms with Crippen molar-refractivity contribution in [1.29, 1.82) is 0 Å². The molecular weight excluding hydrogens is 284 g/mol. The van der Waals surface area contributed by atoms with Crippen molar-refractivity contribution in [3.8, 4) is 10.6 Å². The van der Waals surface area contributed by atoms with Crippen LogP contribution < -0.4 is 5.73 Å². The zero-order valence-electron chi connectivity index (χ0n) is 12.1. The number of carbonyl (C=O) groups is 1. The number of piperidine rings is 1. The maximum absolute atomic E-state index is 12.5. The Bertz CT molecular complexity index is 597. The van der Waals surface area contributed by atoms with Gasteiger partial charge in [0.15, 0.2) is 5.69 Å². The smallest absolute Gasteiger partial charge is 0.274 e. The van der Waals surface area contributed by atoms with E-state index in [1.807, 2.05) is 35.4 Å². The Balaban J connectivity index is 1.66. The van der Waals surface area contributed by atoms with Crippen molar-refractivity contribution in [2.75, 3.05) is 13.1 Å². The number of nitrogens with one attached hydrogen (secondary N) is 1. The molecule has 21 heavy (non-hydrogen) atoms. The van der Waals surface area contributed by atoms with Gasteiger partial charge >= 0.3 is 0 Å². The van der Waals surface area contributed by atoms with Crippen molar-refractivity contribution in [3.63, 3.8) is 0 Å². The summed E-state index contributed by atoms with van der Waals surface area (Å²) in [6.07, 6.45) is 1.96. The molecule has 0 saturated carbocycles. The summed E-state index contributed by atoms with van der Waals surface area (Å²) in [5.41, 5.74) is 7.34. The molecular formula is C15H20N4OS. The summed E-state index contributed by atoms with van der Waals surface area (Å²) in [6.45, 7) is 3.58. The van der Waals surface area contributed by atoms with E-state index >= 15 is 0 Å². The van der Waals surface area contributed by atoms with Crippen LogP contribution >= 0.6 is 11.3 Å². The van der Waals surface area contributed by atoms with E-state index in [0.717, 1.165) is 36.5 Å². The van der Waals surface area contributed by atoms with Crippen LogP contribution in [0.4, 0.5) is 0 Å². The molecule has 1 saturated heterocycles. The summed E-state index contributed by atoms with van der Waals surface area (Å²) in [5.74, 6) is 0.534. The highest BCUT2D eigenvalue weighted by Crippen LogP contribution is 2.24. The SMILES string of the molecule is CC(N)C1CCN(C(=O)c2cc(-c3cccs3)[nH]n2)CC1. The molecule has 112 valence electrons. The monoisotopic (exact) mass is 304 g/mol. The number of thiophene rings is 1. The van der Waals surface area contributed by atoms with Gasteiger partial charge in [-0.15, -0.1) is 11.3 Å². The summed E-state index contributed by atoms with van der Waals surface area (Å²) >= 11 is 1.63. The summed E-state index contributed by atoms with van der Waals surface area (Å²) < 4.78 is 0. The van der Waals surface area contributed by atoms with Crippen molar-refractivity contribution in [2.45, 2.75) is 25.8 Å². The number of nitrogens with two attached hydrogens (primary N) is 1. The van der Waals surface area contributed by atoms with Gasteiger partial charge in [0.1, 0.15) is 0 Å². The largest absolute Gasteiger partial charge is 0.337 e. The van der Waals surface area contributed by atoms with Crippen LogP contribution in [0, 0.1) is 5.92 Å². The molecule has 1 amide bonds. The normalized spacial score (nSPS) is 17.9. The quantitative estimate of drug-likeness (QED) is 0.914. The van der Waals surface area contributed by atoms with Crippen LogP contribution in [0.5, 0.6) is 0 Å². The Morgan fingerprint density at radius 2 is 2.29 bits per heavy atom. The Hall–Kier alpha value is -1.66. The maximum atomic E-state index is 12.5. The molecule has 2 aromatic heterocycles. The van der Waals surface area contributed by atoms with Gasteiger partial charge in [-0.1, -0.05) is 6.07 Å². The fourth-order valence-electron chi connectivity index (χ4n) is 2.78. The van der Waals surface area contributed by atoms with Crippen molar-refractivity contribution in [2.24, 2.45) is 11.7 Å². The van der Waals surface area contributed by atoms with Crippen molar-refractivity contribution >= 4 is 17.2 Å². The van der Waals surface area contributed by atoms with E-state index in [2.05, 4.69) is 10.2 Å². The number of carbonyl (C=O) groups excluding carboxylic acids is 1. The predicted octanol–water partition coefficient (Wildman–Crippen LogP) is 2.34. The van der Waals surface area contributed by atoms with E-state index in [0.29, 0.717) is 11.6 Å². The minimum Gasteiger partial charge on any atom is -0.337 e. The van der Waals surface area contributed by atoms with E-state index in [1.165, 1.54) is 0 Å². The number of hydrogen-bond acceptors (Lipinski definition) is 4. The number of amides is 1. The number of hydrogen-bond donors (Lipinski definition) is 2. The molecule has 0 aliphatic carbocycles. The molecule has 1 aliphatic rings. The van der Waals surface area contributed by atoms with Crippen molar-refractivity contribution in [1.82, 2.24) is 15.1 Å². The van der Waals surface area contributed by atoms with E-state index in [9.17, 15) is 4.79 Å². The number of nitrogens with zero attached hydrogens (tertiary/aromatic N) is 2. The highest BCUT2D eigenvalue weighted by molar-refractivity contribution is 7.13. The molecule has 3 rings (SSSR count). The average Bonchev–Trinajstić information content (AvgIpc) is 3.17. The van der Waals surface area contributed by atoms with E-state index in [4.69, 9.17) is 5.73 Å². The lowest BCUT2D eigenvalue weighted by molar-refractivity contribution is 0.0675. The molecule has 5 nitrogen and oxygen atoms in total. The predicted molar refractivity (Wildman–Crippen MR) is 84.2 cm³/mol. The first-order chi connectivity index (χ1) is 10.1. The lowest BCUT2D eigenvalue weighted by Crippen LogP contribution is -2.42. The molecule has 1 atom stereocenters. The van der Waals surface area contributed by atoms with Crippen LogP contribution in [0.3, 0.4) is 0 Å². The third-order valence-corrected chi connectivity index (χ3v) is 5.06. The Morgan fingerprint density at radius 1 is 1.52 bits per heavy atom. The van der Waals surface area contributed by atoms with Gasteiger partial charge in [0.05, 0.1) is 10.6 Å². The van der Waals surface area contributed by atoms with Crippen LogP contribution in [0.1, 0.15) is 30.3 Å². The molecule has 2 aromatic rings. The standard InChI is InChI=1S/C15H20N4OS/c1-10(16)11-4-6-19(7-5-11)15(20)13-9-12(17-18-13)14-3-2-8-21-14/h2-3,8-11H,4-7,16H2,1H3,(H,17,18). The second-order valence-corrected chi connectivity index (χ2v) is 6.58. The number of rotatable bonds is 3. The van der Waals surface area contributed by atoms with Crippen LogP contribution in [-0.4, -0.2) is 40.1 Å². The first-order valence-electron chi connectivity index (χ1n) is 7.29. The van der Waals surface area contributed by atoms with Gasteiger partial charge in [0.2, 0.25) is 0 Å². The topological polar surface area (TPSA) is 75.0 Å². The molecule has 1 fully saturated rings. The van der Waals surface area contributed by atoms with Gasteiger partial charge in [-0.3, -0.25) is 9.89 Å². The van der Waals surface area contributed by atoms with Gasteiger partial charge < -0.3 is 10.6 Å². The van der Waals surface area contributed by atoms with E-state index < -0.39 is 0 Å². The summed E-state index contributed by atoms with van der Waals surface area (Å²) in [4.78, 5) is 15.5. The minimum absolute atomic E-state index is 0.0113. The number of aromatic nitrogens is 2. The Kier molecular flexibility index (Phi) is 4.07. The zero-order chi connectivity index (χ0) is 14.8. The highest BCUT2D eigenvalue weighted by Gasteiger charge is 2.26. The van der Waals surface area contributed by atoms with Gasteiger partial charge in [-0.2, -0.15) is 5.10 Å². The molecule has 0 bridgehead atoms. The molecule has 0 radical (unpaired) electrons. The zero-order valence-corrected chi connectivity index (χ0v) is 12.9. The fraction of sp³-hybridized carbons (Fsp3) is 0.467. The number of likely N-dealkylation sites (tertiary alicyclic amines) is 1. The van der Waals surface area contributed by atoms with Gasteiger partial charge in [-0.25, -0.2) is 0 Å². The molecule has 1 unspecified atom stereocenters. The van der Waals surface area contributed by atoms with Crippen LogP contribution in [0.25, 0.3) is 10.6 Å². The van der Waals surface area contributed by atoms with Crippen LogP contribution in [0.2, 0.25) is 0 Å². The summed E-state index contributed by atoms with van der Waals surface area (Å²) in [7, 11) is 0. The molecule has 6 heteroatoms. The number of aromatic amines is 1. The van der Waals surface area contributed by atoms with Gasteiger partial charge in [-0.05, 0) is 43.2 Å². The van der Waals surface area contributed by atoms with E-state index in [1.54, 1.807) is 11.3 Å². The fourth-order valence-corrected chi connectivity index (χ4v) is 3.47. The van der Waals surface area contributed by atoms with Crippen LogP contribution in [0.15, 0.2) is 23.6 Å². The minimum atomic E-state index is 0.0113. The first-order valence-corrected chi connectivity index (χ1v) is 8.17. The maximum Gasteiger partial charge on any atom is 0.274 e. The Labute approximate surface area is 128 Å². The lowest BCUT2D eigenvalue weighted by Gasteiger charge is -2.33. The lowest BCUT2D eigenvalue weighted by atomic mass is 9.91. The third-order valence-electron chi connectivity index (χ3n) is 4.15. The third kappa shape index (κ3) is 3.01. The molecule has 3 N–H and O–H groups in total. The number of H-pyrrole nitrogens is 1. The van der Waals surface area contributed by atoms with Gasteiger partial charge in [0.25, 0.3) is 5.91 Å². The van der Waals surface area contributed by atoms with Crippen molar-refractivity contribution in [3.05, 3.63) is 29.3 Å². The first kappa shape index (κ1) is 14.3. The molecule has 1 aliphatic heterocycles. The molecule has 3 heterocycles. The van der Waals surface area contributed by atoms with Gasteiger partial charge in [0, 0.05) is 19.1 Å².